The first kappa shape index (κ1) is 20.1. The summed E-state index contributed by atoms with van der Waals surface area (Å²) in [7, 11) is 3.15. The second kappa shape index (κ2) is 9.54. The van der Waals surface area contributed by atoms with E-state index in [2.05, 4.69) is 39.7 Å². The summed E-state index contributed by atoms with van der Waals surface area (Å²) >= 11 is 0. The molecule has 1 aromatic heterocycles. The molecule has 1 amide bonds. The van der Waals surface area contributed by atoms with Crippen molar-refractivity contribution in [1.29, 1.82) is 0 Å². The molecule has 1 heterocycles. The van der Waals surface area contributed by atoms with E-state index >= 15 is 0 Å². The second-order valence-electron chi connectivity index (χ2n) is 6.44. The van der Waals surface area contributed by atoms with Crippen LogP contribution in [0.15, 0.2) is 54.9 Å². The van der Waals surface area contributed by atoms with Crippen LogP contribution >= 0.6 is 0 Å². The van der Waals surface area contributed by atoms with E-state index in [4.69, 9.17) is 9.47 Å². The number of nitrogens with zero attached hydrogens (tertiary/aromatic N) is 2. The lowest BCUT2D eigenvalue weighted by Gasteiger charge is -2.10. The third kappa shape index (κ3) is 5.22. The average molecular weight is 392 g/mol. The maximum absolute atomic E-state index is 12.3. The molecule has 0 aliphatic rings. The summed E-state index contributed by atoms with van der Waals surface area (Å²) in [6.07, 6.45) is 3.02. The molecule has 0 atom stereocenters. The monoisotopic (exact) mass is 392 g/mol. The van der Waals surface area contributed by atoms with Gasteiger partial charge in [-0.1, -0.05) is 30.3 Å². The number of carbonyl (C=O) groups is 1. The third-order valence-corrected chi connectivity index (χ3v) is 4.51. The van der Waals surface area contributed by atoms with Gasteiger partial charge in [-0.3, -0.25) is 4.79 Å². The number of aryl methyl sites for hydroxylation is 1. The molecular formula is C22H24N4O3. The van der Waals surface area contributed by atoms with E-state index in [1.807, 2.05) is 24.3 Å². The van der Waals surface area contributed by atoms with E-state index in [9.17, 15) is 4.79 Å². The van der Waals surface area contributed by atoms with E-state index in [1.165, 1.54) is 17.3 Å². The van der Waals surface area contributed by atoms with Crippen LogP contribution in [0.25, 0.3) is 0 Å². The Kier molecular flexibility index (Phi) is 6.63. The summed E-state index contributed by atoms with van der Waals surface area (Å²) in [6.45, 7) is 3.05. The summed E-state index contributed by atoms with van der Waals surface area (Å²) < 4.78 is 10.5. The van der Waals surface area contributed by atoms with Crippen LogP contribution in [0.1, 0.15) is 27.2 Å². The molecule has 0 unspecified atom stereocenters. The van der Waals surface area contributed by atoms with E-state index in [-0.39, 0.29) is 11.6 Å². The maximum atomic E-state index is 12.3. The topological polar surface area (TPSA) is 85.4 Å². The Morgan fingerprint density at radius 3 is 2.45 bits per heavy atom. The lowest BCUT2D eigenvalue weighted by molar-refractivity contribution is 0.0945. The van der Waals surface area contributed by atoms with Crippen LogP contribution in [0.3, 0.4) is 0 Å². The van der Waals surface area contributed by atoms with Crippen molar-refractivity contribution in [2.45, 2.75) is 20.0 Å². The quantitative estimate of drug-likeness (QED) is 0.612. The molecule has 3 aromatic rings. The number of carbonyl (C=O) groups excluding carboxylic acids is 1. The van der Waals surface area contributed by atoms with Crippen LogP contribution in [-0.4, -0.2) is 30.1 Å². The van der Waals surface area contributed by atoms with Crippen LogP contribution < -0.4 is 20.1 Å². The number of aromatic nitrogens is 2. The predicted molar refractivity (Wildman–Crippen MR) is 111 cm³/mol. The Bertz CT molecular complexity index is 974. The van der Waals surface area contributed by atoms with Crippen molar-refractivity contribution in [2.75, 3.05) is 19.5 Å². The van der Waals surface area contributed by atoms with Gasteiger partial charge in [-0.2, -0.15) is 0 Å². The fraction of sp³-hybridized carbons (Fsp3) is 0.227. The number of benzene rings is 2. The molecule has 0 aliphatic carbocycles. The highest BCUT2D eigenvalue weighted by Gasteiger charge is 2.10. The zero-order chi connectivity index (χ0) is 20.6. The Balaban J connectivity index is 1.55. The molecule has 7 nitrogen and oxygen atoms in total. The average Bonchev–Trinajstić information content (AvgIpc) is 2.77. The molecule has 0 aliphatic heterocycles. The van der Waals surface area contributed by atoms with Crippen LogP contribution in [0.4, 0.5) is 5.82 Å². The minimum Gasteiger partial charge on any atom is -0.493 e. The lowest BCUT2D eigenvalue weighted by atomic mass is 10.1. The van der Waals surface area contributed by atoms with Crippen LogP contribution in [0, 0.1) is 6.92 Å². The predicted octanol–water partition coefficient (Wildman–Crippen LogP) is 3.34. The van der Waals surface area contributed by atoms with Gasteiger partial charge in [0.25, 0.3) is 5.91 Å². The van der Waals surface area contributed by atoms with E-state index < -0.39 is 0 Å². The van der Waals surface area contributed by atoms with Crippen LogP contribution in [0.2, 0.25) is 0 Å². The van der Waals surface area contributed by atoms with Gasteiger partial charge < -0.3 is 20.1 Å². The minimum absolute atomic E-state index is 0.256. The highest BCUT2D eigenvalue weighted by molar-refractivity contribution is 5.91. The number of rotatable bonds is 8. The minimum atomic E-state index is -0.294. The molecule has 3 rings (SSSR count). The van der Waals surface area contributed by atoms with Gasteiger partial charge in [0, 0.05) is 13.1 Å². The van der Waals surface area contributed by atoms with Gasteiger partial charge in [-0.15, -0.1) is 0 Å². The SMILES string of the molecule is COc1ccc(CNC(=O)c2cnc(NCc3ccccc3C)cn2)cc1OC. The zero-order valence-electron chi connectivity index (χ0n) is 16.7. The Hall–Kier alpha value is -3.61. The first-order valence-electron chi connectivity index (χ1n) is 9.20. The van der Waals surface area contributed by atoms with Crippen molar-refractivity contribution < 1.29 is 14.3 Å². The summed E-state index contributed by atoms with van der Waals surface area (Å²) in [5, 5.41) is 6.05. The number of ether oxygens (including phenoxy) is 2. The molecule has 0 bridgehead atoms. The molecule has 2 aromatic carbocycles. The maximum Gasteiger partial charge on any atom is 0.271 e. The van der Waals surface area contributed by atoms with E-state index in [1.54, 1.807) is 26.5 Å². The summed E-state index contributed by atoms with van der Waals surface area (Å²) in [5.41, 5.74) is 3.54. The van der Waals surface area contributed by atoms with Gasteiger partial charge in [-0.25, -0.2) is 9.97 Å². The number of hydrogen-bond acceptors (Lipinski definition) is 6. The highest BCUT2D eigenvalue weighted by atomic mass is 16.5. The smallest absolute Gasteiger partial charge is 0.271 e. The number of nitrogens with one attached hydrogen (secondary N) is 2. The van der Waals surface area contributed by atoms with Crippen molar-refractivity contribution in [1.82, 2.24) is 15.3 Å². The number of anilines is 1. The largest absolute Gasteiger partial charge is 0.493 e. The Labute approximate surface area is 170 Å². The number of amides is 1. The normalized spacial score (nSPS) is 10.3. The number of methoxy groups -OCH3 is 2. The van der Waals surface area contributed by atoms with Gasteiger partial charge in [0.1, 0.15) is 11.5 Å². The molecule has 0 saturated carbocycles. The van der Waals surface area contributed by atoms with Crippen molar-refractivity contribution >= 4 is 11.7 Å². The highest BCUT2D eigenvalue weighted by Crippen LogP contribution is 2.27. The summed E-state index contributed by atoms with van der Waals surface area (Å²) in [4.78, 5) is 20.8. The van der Waals surface area contributed by atoms with Crippen molar-refractivity contribution in [3.8, 4) is 11.5 Å². The van der Waals surface area contributed by atoms with Crippen molar-refractivity contribution in [2.24, 2.45) is 0 Å². The number of hydrogen-bond donors (Lipinski definition) is 2. The van der Waals surface area contributed by atoms with E-state index in [0.29, 0.717) is 30.4 Å². The fourth-order valence-corrected chi connectivity index (χ4v) is 2.79. The van der Waals surface area contributed by atoms with Crippen molar-refractivity contribution in [3.05, 3.63) is 77.2 Å². The Morgan fingerprint density at radius 1 is 0.966 bits per heavy atom. The second-order valence-corrected chi connectivity index (χ2v) is 6.44. The van der Waals surface area contributed by atoms with E-state index in [0.717, 1.165) is 5.56 Å². The third-order valence-electron chi connectivity index (χ3n) is 4.51. The molecule has 150 valence electrons. The van der Waals surface area contributed by atoms with Crippen LogP contribution in [0.5, 0.6) is 11.5 Å². The summed E-state index contributed by atoms with van der Waals surface area (Å²) in [5.74, 6) is 1.58. The van der Waals surface area contributed by atoms with Gasteiger partial charge in [0.05, 0.1) is 26.6 Å². The lowest BCUT2D eigenvalue weighted by Crippen LogP contribution is -2.24. The van der Waals surface area contributed by atoms with Crippen molar-refractivity contribution in [3.63, 3.8) is 0 Å². The summed E-state index contributed by atoms with van der Waals surface area (Å²) in [6, 6.07) is 13.6. The van der Waals surface area contributed by atoms with Crippen LogP contribution in [-0.2, 0) is 13.1 Å². The molecule has 0 fully saturated rings. The first-order valence-corrected chi connectivity index (χ1v) is 9.20. The molecular weight excluding hydrogens is 368 g/mol. The van der Waals surface area contributed by atoms with Gasteiger partial charge in [-0.05, 0) is 35.7 Å². The first-order chi connectivity index (χ1) is 14.1. The molecule has 29 heavy (non-hydrogen) atoms. The Morgan fingerprint density at radius 2 is 1.76 bits per heavy atom. The molecule has 2 N–H and O–H groups in total. The molecule has 0 radical (unpaired) electrons. The molecule has 0 spiro atoms. The fourth-order valence-electron chi connectivity index (χ4n) is 2.79. The van der Waals surface area contributed by atoms with Gasteiger partial charge >= 0.3 is 0 Å². The standard InChI is InChI=1S/C22H24N4O3/c1-15-6-4-5-7-17(15)12-24-21-14-23-18(13-25-21)22(27)26-11-16-8-9-19(28-2)20(10-16)29-3/h4-10,13-14H,11-12H2,1-3H3,(H,24,25)(H,26,27). The molecule has 7 heteroatoms. The molecule has 0 saturated heterocycles. The van der Waals surface area contributed by atoms with Gasteiger partial charge in [0.15, 0.2) is 11.5 Å². The zero-order valence-corrected chi connectivity index (χ0v) is 16.7. The van der Waals surface area contributed by atoms with Gasteiger partial charge in [0.2, 0.25) is 0 Å².